The van der Waals surface area contributed by atoms with Gasteiger partial charge >= 0.3 is 0 Å². The summed E-state index contributed by atoms with van der Waals surface area (Å²) in [6.45, 7) is 3.99. The number of rotatable bonds is 4. The Bertz CT molecular complexity index is 1680. The molecule has 1 saturated carbocycles. The van der Waals surface area contributed by atoms with Gasteiger partial charge in [0.2, 0.25) is 0 Å². The van der Waals surface area contributed by atoms with Gasteiger partial charge in [0.05, 0.1) is 5.69 Å². The SMILES string of the molecule is O=C1c2cccc3cccc(c23)N1CCN1CC2CC(c3cc4ccccc4c4ccccc34)C2C1. The minimum Gasteiger partial charge on any atom is -0.306 e. The molecule has 3 atom stereocenters. The van der Waals surface area contributed by atoms with Crippen LogP contribution in [0.4, 0.5) is 5.69 Å². The van der Waals surface area contributed by atoms with E-state index in [4.69, 9.17) is 0 Å². The summed E-state index contributed by atoms with van der Waals surface area (Å²) in [6, 6.07) is 32.6. The van der Waals surface area contributed by atoms with Gasteiger partial charge in [-0.15, -0.1) is 0 Å². The second-order valence-corrected chi connectivity index (χ2v) is 10.9. The van der Waals surface area contributed by atoms with Crippen LogP contribution in [-0.4, -0.2) is 37.0 Å². The fourth-order valence-corrected chi connectivity index (χ4v) is 7.37. The van der Waals surface area contributed by atoms with Crippen molar-refractivity contribution >= 4 is 43.9 Å². The smallest absolute Gasteiger partial charge is 0.259 e. The molecule has 2 heterocycles. The number of hydrogen-bond donors (Lipinski definition) is 0. The largest absolute Gasteiger partial charge is 0.306 e. The first-order valence-electron chi connectivity index (χ1n) is 13.2. The van der Waals surface area contributed by atoms with Gasteiger partial charge in [0, 0.05) is 37.1 Å². The molecule has 0 spiro atoms. The fourth-order valence-electron chi connectivity index (χ4n) is 7.37. The molecule has 1 amide bonds. The van der Waals surface area contributed by atoms with Crippen LogP contribution in [0.15, 0.2) is 91.0 Å². The van der Waals surface area contributed by atoms with Crippen LogP contribution in [0.3, 0.4) is 0 Å². The molecule has 0 aromatic heterocycles. The molecule has 3 unspecified atom stereocenters. The highest BCUT2D eigenvalue weighted by Crippen LogP contribution is 2.53. The highest BCUT2D eigenvalue weighted by molar-refractivity contribution is 6.25. The molecule has 2 aliphatic heterocycles. The fraction of sp³-hybridized carbons (Fsp3) is 0.242. The van der Waals surface area contributed by atoms with Crippen LogP contribution < -0.4 is 4.90 Å². The van der Waals surface area contributed by atoms with Crippen LogP contribution in [0, 0.1) is 11.8 Å². The van der Waals surface area contributed by atoms with Crippen molar-refractivity contribution < 1.29 is 4.79 Å². The van der Waals surface area contributed by atoms with Gasteiger partial charge in [-0.05, 0) is 68.8 Å². The van der Waals surface area contributed by atoms with Crippen LogP contribution in [0.25, 0.3) is 32.3 Å². The van der Waals surface area contributed by atoms with Gasteiger partial charge in [0.25, 0.3) is 5.91 Å². The summed E-state index contributed by atoms with van der Waals surface area (Å²) in [5.74, 6) is 2.27. The zero-order valence-electron chi connectivity index (χ0n) is 20.2. The van der Waals surface area contributed by atoms with E-state index in [1.54, 1.807) is 0 Å². The minimum atomic E-state index is 0.157. The number of benzene rings is 5. The van der Waals surface area contributed by atoms with E-state index >= 15 is 0 Å². The summed E-state index contributed by atoms with van der Waals surface area (Å²) in [5.41, 5.74) is 3.47. The number of amides is 1. The van der Waals surface area contributed by atoms with E-state index in [1.165, 1.54) is 33.5 Å². The molecule has 8 rings (SSSR count). The van der Waals surface area contributed by atoms with Crippen LogP contribution in [0.1, 0.15) is 28.3 Å². The summed E-state index contributed by atoms with van der Waals surface area (Å²) >= 11 is 0. The first kappa shape index (κ1) is 20.5. The van der Waals surface area contributed by atoms with E-state index in [0.717, 1.165) is 54.1 Å². The predicted octanol–water partition coefficient (Wildman–Crippen LogP) is 6.84. The van der Waals surface area contributed by atoms with Gasteiger partial charge < -0.3 is 9.80 Å². The number of anilines is 1. The van der Waals surface area contributed by atoms with Crippen LogP contribution >= 0.6 is 0 Å². The second-order valence-electron chi connectivity index (χ2n) is 10.9. The number of carbonyl (C=O) groups excluding carboxylic acids is 1. The molecule has 1 saturated heterocycles. The van der Waals surface area contributed by atoms with Crippen LogP contribution in [-0.2, 0) is 0 Å². The first-order valence-corrected chi connectivity index (χ1v) is 13.2. The molecule has 2 fully saturated rings. The topological polar surface area (TPSA) is 23.6 Å². The molecule has 0 N–H and O–H groups in total. The summed E-state index contributed by atoms with van der Waals surface area (Å²) in [4.78, 5) is 17.8. The summed E-state index contributed by atoms with van der Waals surface area (Å²) in [6.07, 6.45) is 1.27. The molecule has 36 heavy (non-hydrogen) atoms. The molecule has 3 aliphatic rings. The minimum absolute atomic E-state index is 0.157. The Hall–Kier alpha value is -3.69. The highest BCUT2D eigenvalue weighted by atomic mass is 16.2. The van der Waals surface area contributed by atoms with Crippen molar-refractivity contribution in [3.8, 4) is 0 Å². The molecule has 0 bridgehead atoms. The third-order valence-corrected chi connectivity index (χ3v) is 9.13. The zero-order chi connectivity index (χ0) is 23.8. The Balaban J connectivity index is 1.03. The molecule has 3 heteroatoms. The van der Waals surface area contributed by atoms with Gasteiger partial charge in [-0.2, -0.15) is 0 Å². The van der Waals surface area contributed by atoms with Crippen molar-refractivity contribution in [2.24, 2.45) is 11.8 Å². The molecular weight excluding hydrogens is 440 g/mol. The molecule has 5 aromatic rings. The quantitative estimate of drug-likeness (QED) is 0.270. The van der Waals surface area contributed by atoms with E-state index in [1.807, 2.05) is 17.0 Å². The number of likely N-dealkylation sites (tertiary alicyclic amines) is 1. The molecule has 0 radical (unpaired) electrons. The zero-order valence-corrected chi connectivity index (χ0v) is 20.2. The Labute approximate surface area is 210 Å². The molecule has 3 nitrogen and oxygen atoms in total. The van der Waals surface area contributed by atoms with E-state index in [-0.39, 0.29) is 5.91 Å². The van der Waals surface area contributed by atoms with Crippen molar-refractivity contribution in [2.75, 3.05) is 31.1 Å². The van der Waals surface area contributed by atoms with Crippen LogP contribution in [0.2, 0.25) is 0 Å². The lowest BCUT2D eigenvalue weighted by molar-refractivity contribution is 0.0990. The van der Waals surface area contributed by atoms with Gasteiger partial charge in [0.1, 0.15) is 0 Å². The summed E-state index contributed by atoms with van der Waals surface area (Å²) in [5, 5.41) is 7.79. The van der Waals surface area contributed by atoms with Crippen molar-refractivity contribution in [1.29, 1.82) is 0 Å². The number of carbonyl (C=O) groups is 1. The first-order chi connectivity index (χ1) is 17.8. The molecular formula is C33H28N2O. The Morgan fingerprint density at radius 3 is 2.36 bits per heavy atom. The van der Waals surface area contributed by atoms with Crippen molar-refractivity contribution in [3.05, 3.63) is 102 Å². The highest BCUT2D eigenvalue weighted by Gasteiger charge is 2.48. The molecule has 1 aliphatic carbocycles. The average molecular weight is 469 g/mol. The standard InChI is InChI=1S/C33H28N2O/c36-33-27-13-5-8-21-9-6-14-31(32(21)27)35(33)16-15-34-19-23-18-29(30(23)20-34)28-17-22-7-1-2-10-24(22)25-11-3-4-12-26(25)28/h1-14,17,23,29-30H,15-16,18-20H2. The van der Waals surface area contributed by atoms with Gasteiger partial charge in [-0.1, -0.05) is 78.9 Å². The number of hydrogen-bond acceptors (Lipinski definition) is 2. The summed E-state index contributed by atoms with van der Waals surface area (Å²) < 4.78 is 0. The van der Waals surface area contributed by atoms with E-state index < -0.39 is 0 Å². The van der Waals surface area contributed by atoms with E-state index in [9.17, 15) is 4.79 Å². The molecule has 5 aromatic carbocycles. The van der Waals surface area contributed by atoms with Crippen LogP contribution in [0.5, 0.6) is 0 Å². The lowest BCUT2D eigenvalue weighted by Crippen LogP contribution is -2.36. The second kappa shape index (κ2) is 7.65. The average Bonchev–Trinajstić information content (AvgIpc) is 3.38. The number of fused-ring (bicyclic) bond motifs is 4. The normalized spacial score (nSPS) is 23.1. The Morgan fingerprint density at radius 1 is 0.722 bits per heavy atom. The third-order valence-electron chi connectivity index (χ3n) is 9.13. The van der Waals surface area contributed by atoms with E-state index in [2.05, 4.69) is 83.8 Å². The maximum absolute atomic E-state index is 13.2. The lowest BCUT2D eigenvalue weighted by Gasteiger charge is -2.40. The predicted molar refractivity (Wildman–Crippen MR) is 148 cm³/mol. The van der Waals surface area contributed by atoms with Crippen molar-refractivity contribution in [3.63, 3.8) is 0 Å². The van der Waals surface area contributed by atoms with Crippen molar-refractivity contribution in [1.82, 2.24) is 4.90 Å². The maximum atomic E-state index is 13.2. The third kappa shape index (κ3) is 2.87. The Morgan fingerprint density at radius 2 is 1.47 bits per heavy atom. The molecule has 176 valence electrons. The lowest BCUT2D eigenvalue weighted by atomic mass is 9.63. The maximum Gasteiger partial charge on any atom is 0.259 e. The number of nitrogens with zero attached hydrogens (tertiary/aromatic N) is 2. The van der Waals surface area contributed by atoms with E-state index in [0.29, 0.717) is 11.8 Å². The van der Waals surface area contributed by atoms with Gasteiger partial charge in [-0.25, -0.2) is 0 Å². The van der Waals surface area contributed by atoms with Gasteiger partial charge in [0.15, 0.2) is 0 Å². The van der Waals surface area contributed by atoms with Gasteiger partial charge in [-0.3, -0.25) is 4.79 Å². The Kier molecular flexibility index (Phi) is 4.36. The monoisotopic (exact) mass is 468 g/mol. The van der Waals surface area contributed by atoms with Crippen molar-refractivity contribution in [2.45, 2.75) is 12.3 Å². The summed E-state index contributed by atoms with van der Waals surface area (Å²) in [7, 11) is 0.